The van der Waals surface area contributed by atoms with Crippen LogP contribution in [-0.4, -0.2) is 14.2 Å². The third-order valence-electron chi connectivity index (χ3n) is 1.92. The number of rotatable bonds is 3. The first-order valence-electron chi connectivity index (χ1n) is 4.14. The summed E-state index contributed by atoms with van der Waals surface area (Å²) in [6, 6.07) is 3.93. The molecule has 0 aromatic heterocycles. The molecule has 1 rings (SSSR count). The van der Waals surface area contributed by atoms with Crippen molar-refractivity contribution in [1.82, 2.24) is 0 Å². The first-order valence-corrected chi connectivity index (χ1v) is 4.14. The van der Waals surface area contributed by atoms with Crippen LogP contribution in [0.3, 0.4) is 0 Å². The van der Waals surface area contributed by atoms with Crippen LogP contribution in [0.25, 0.3) is 0 Å². The van der Waals surface area contributed by atoms with E-state index in [-0.39, 0.29) is 0 Å². The zero-order valence-corrected chi connectivity index (χ0v) is 8.26. The van der Waals surface area contributed by atoms with Crippen molar-refractivity contribution in [2.24, 2.45) is 5.73 Å². The summed E-state index contributed by atoms with van der Waals surface area (Å²) < 4.78 is 10.4. The number of benzene rings is 1. The summed E-state index contributed by atoms with van der Waals surface area (Å²) in [7, 11) is 3.24. The van der Waals surface area contributed by atoms with E-state index < -0.39 is 0 Å². The number of nitrogens with two attached hydrogens (primary N) is 1. The summed E-state index contributed by atoms with van der Waals surface area (Å²) in [5.74, 6) is 1.47. The topological polar surface area (TPSA) is 44.5 Å². The van der Waals surface area contributed by atoms with Crippen molar-refractivity contribution >= 4 is 0 Å². The van der Waals surface area contributed by atoms with Gasteiger partial charge >= 0.3 is 0 Å². The maximum absolute atomic E-state index is 5.58. The molecule has 72 valence electrons. The van der Waals surface area contributed by atoms with E-state index in [1.54, 1.807) is 14.2 Å². The Kier molecular flexibility index (Phi) is 3.14. The minimum absolute atomic E-state index is 0.460. The van der Waals surface area contributed by atoms with Gasteiger partial charge in [-0.05, 0) is 18.6 Å². The van der Waals surface area contributed by atoms with Crippen molar-refractivity contribution in [1.29, 1.82) is 0 Å². The summed E-state index contributed by atoms with van der Waals surface area (Å²) in [6.45, 7) is 2.46. The Bertz CT molecular complexity index is 272. The molecule has 0 heterocycles. The Morgan fingerprint density at radius 2 is 1.92 bits per heavy atom. The third kappa shape index (κ3) is 1.92. The van der Waals surface area contributed by atoms with Gasteiger partial charge in [0.1, 0.15) is 0 Å². The zero-order chi connectivity index (χ0) is 9.84. The number of hydrogen-bond acceptors (Lipinski definition) is 3. The minimum atomic E-state index is 0.460. The summed E-state index contributed by atoms with van der Waals surface area (Å²) in [4.78, 5) is 0. The summed E-state index contributed by atoms with van der Waals surface area (Å²) in [5, 5.41) is 0. The van der Waals surface area contributed by atoms with E-state index in [4.69, 9.17) is 15.2 Å². The molecular weight excluding hydrogens is 166 g/mol. The van der Waals surface area contributed by atoms with Crippen molar-refractivity contribution in [3.63, 3.8) is 0 Å². The number of aryl methyl sites for hydroxylation is 1. The Hall–Kier alpha value is -1.22. The molecule has 0 saturated heterocycles. The normalized spacial score (nSPS) is 9.85. The van der Waals surface area contributed by atoms with Crippen molar-refractivity contribution < 1.29 is 9.47 Å². The van der Waals surface area contributed by atoms with Crippen LogP contribution >= 0.6 is 0 Å². The Morgan fingerprint density at radius 3 is 2.38 bits per heavy atom. The quantitative estimate of drug-likeness (QED) is 0.768. The van der Waals surface area contributed by atoms with E-state index in [9.17, 15) is 0 Å². The molecule has 0 atom stereocenters. The average Bonchev–Trinajstić information content (AvgIpc) is 2.16. The fourth-order valence-electron chi connectivity index (χ4n) is 1.35. The molecule has 0 aliphatic rings. The fraction of sp³-hybridized carbons (Fsp3) is 0.400. The summed E-state index contributed by atoms with van der Waals surface area (Å²) >= 11 is 0. The maximum atomic E-state index is 5.58. The lowest BCUT2D eigenvalue weighted by Gasteiger charge is -2.12. The Morgan fingerprint density at radius 1 is 1.23 bits per heavy atom. The van der Waals surface area contributed by atoms with E-state index >= 15 is 0 Å². The monoisotopic (exact) mass is 181 g/mol. The average molecular weight is 181 g/mol. The zero-order valence-electron chi connectivity index (χ0n) is 8.26. The number of hydrogen-bond donors (Lipinski definition) is 1. The SMILES string of the molecule is COc1cc(C)cc(CN)c1OC. The molecule has 0 unspecified atom stereocenters. The Labute approximate surface area is 78.5 Å². The van der Waals surface area contributed by atoms with Gasteiger partial charge in [-0.15, -0.1) is 0 Å². The van der Waals surface area contributed by atoms with Gasteiger partial charge in [0, 0.05) is 12.1 Å². The van der Waals surface area contributed by atoms with Crippen LogP contribution in [0.15, 0.2) is 12.1 Å². The predicted molar refractivity (Wildman–Crippen MR) is 52.2 cm³/mol. The molecular formula is C10H15NO2. The van der Waals surface area contributed by atoms with E-state index in [2.05, 4.69) is 0 Å². The van der Waals surface area contributed by atoms with E-state index in [0.717, 1.165) is 22.6 Å². The highest BCUT2D eigenvalue weighted by Crippen LogP contribution is 2.31. The van der Waals surface area contributed by atoms with Crippen LogP contribution in [0.1, 0.15) is 11.1 Å². The fourth-order valence-corrected chi connectivity index (χ4v) is 1.35. The van der Waals surface area contributed by atoms with Gasteiger partial charge in [0.25, 0.3) is 0 Å². The first-order chi connectivity index (χ1) is 6.22. The molecule has 0 aliphatic carbocycles. The summed E-state index contributed by atoms with van der Waals surface area (Å²) in [5.41, 5.74) is 7.68. The second kappa shape index (κ2) is 4.14. The largest absolute Gasteiger partial charge is 0.493 e. The van der Waals surface area contributed by atoms with Gasteiger partial charge in [0.05, 0.1) is 14.2 Å². The van der Waals surface area contributed by atoms with Gasteiger partial charge in [-0.1, -0.05) is 6.07 Å². The molecule has 1 aromatic rings. The lowest BCUT2D eigenvalue weighted by atomic mass is 10.1. The molecule has 0 radical (unpaired) electrons. The van der Waals surface area contributed by atoms with E-state index in [0.29, 0.717) is 6.54 Å². The van der Waals surface area contributed by atoms with Crippen LogP contribution in [0.2, 0.25) is 0 Å². The first kappa shape index (κ1) is 9.86. The minimum Gasteiger partial charge on any atom is -0.493 e. The Balaban J connectivity index is 3.25. The second-order valence-electron chi connectivity index (χ2n) is 2.86. The van der Waals surface area contributed by atoms with Gasteiger partial charge in [-0.3, -0.25) is 0 Å². The molecule has 0 spiro atoms. The molecule has 3 heteroatoms. The van der Waals surface area contributed by atoms with Crippen molar-refractivity contribution in [3.8, 4) is 11.5 Å². The van der Waals surface area contributed by atoms with Crippen molar-refractivity contribution in [2.75, 3.05) is 14.2 Å². The highest BCUT2D eigenvalue weighted by molar-refractivity contribution is 5.49. The highest BCUT2D eigenvalue weighted by Gasteiger charge is 2.08. The predicted octanol–water partition coefficient (Wildman–Crippen LogP) is 1.47. The van der Waals surface area contributed by atoms with Crippen LogP contribution in [0.4, 0.5) is 0 Å². The number of ether oxygens (including phenoxy) is 2. The van der Waals surface area contributed by atoms with Crippen LogP contribution < -0.4 is 15.2 Å². The van der Waals surface area contributed by atoms with Gasteiger partial charge in [-0.2, -0.15) is 0 Å². The van der Waals surface area contributed by atoms with Crippen molar-refractivity contribution in [2.45, 2.75) is 13.5 Å². The molecule has 0 bridgehead atoms. The molecule has 3 nitrogen and oxygen atoms in total. The molecule has 0 saturated carbocycles. The van der Waals surface area contributed by atoms with Crippen molar-refractivity contribution in [3.05, 3.63) is 23.3 Å². The van der Waals surface area contributed by atoms with Crippen LogP contribution in [0.5, 0.6) is 11.5 Å². The lowest BCUT2D eigenvalue weighted by molar-refractivity contribution is 0.351. The van der Waals surface area contributed by atoms with Gasteiger partial charge in [0.15, 0.2) is 11.5 Å². The molecule has 0 aliphatic heterocycles. The lowest BCUT2D eigenvalue weighted by Crippen LogP contribution is -2.02. The molecule has 1 aromatic carbocycles. The highest BCUT2D eigenvalue weighted by atomic mass is 16.5. The maximum Gasteiger partial charge on any atom is 0.165 e. The van der Waals surface area contributed by atoms with Gasteiger partial charge < -0.3 is 15.2 Å². The number of methoxy groups -OCH3 is 2. The van der Waals surface area contributed by atoms with Crippen LogP contribution in [-0.2, 0) is 6.54 Å². The second-order valence-corrected chi connectivity index (χ2v) is 2.86. The standard InChI is InChI=1S/C10H15NO2/c1-7-4-8(6-11)10(13-3)9(5-7)12-2/h4-5H,6,11H2,1-3H3. The molecule has 0 amide bonds. The molecule has 13 heavy (non-hydrogen) atoms. The smallest absolute Gasteiger partial charge is 0.165 e. The van der Waals surface area contributed by atoms with E-state index in [1.165, 1.54) is 0 Å². The molecule has 0 fully saturated rings. The van der Waals surface area contributed by atoms with Gasteiger partial charge in [-0.25, -0.2) is 0 Å². The van der Waals surface area contributed by atoms with Crippen LogP contribution in [0, 0.1) is 6.92 Å². The van der Waals surface area contributed by atoms with Gasteiger partial charge in [0.2, 0.25) is 0 Å². The van der Waals surface area contributed by atoms with E-state index in [1.807, 2.05) is 19.1 Å². The summed E-state index contributed by atoms with van der Waals surface area (Å²) in [6.07, 6.45) is 0. The molecule has 2 N–H and O–H groups in total. The third-order valence-corrected chi connectivity index (χ3v) is 1.92.